The van der Waals surface area contributed by atoms with Gasteiger partial charge in [-0.15, -0.1) is 0 Å². The summed E-state index contributed by atoms with van der Waals surface area (Å²) in [6, 6.07) is -0.189. The summed E-state index contributed by atoms with van der Waals surface area (Å²) >= 11 is 3.46. The number of hydrogen-bond acceptors (Lipinski definition) is 4. The average molecular weight is 306 g/mol. The summed E-state index contributed by atoms with van der Waals surface area (Å²) in [5.74, 6) is 0. The molecule has 0 spiro atoms. The van der Waals surface area contributed by atoms with Gasteiger partial charge in [0.2, 0.25) is 0 Å². The fraction of sp³-hybridized carbons (Fsp3) is 0.727. The molecule has 1 atom stereocenters. The molecule has 0 saturated heterocycles. The van der Waals surface area contributed by atoms with E-state index in [4.69, 9.17) is 15.2 Å². The number of halogens is 1. The van der Waals surface area contributed by atoms with E-state index in [0.29, 0.717) is 19.8 Å². The molecule has 6 heteroatoms. The second kappa shape index (κ2) is 7.10. The van der Waals surface area contributed by atoms with Gasteiger partial charge >= 0.3 is 0 Å². The van der Waals surface area contributed by atoms with Gasteiger partial charge in [0.05, 0.1) is 48.3 Å². The Morgan fingerprint density at radius 1 is 1.53 bits per heavy atom. The molecule has 0 aromatic carbocycles. The fourth-order valence-electron chi connectivity index (χ4n) is 1.47. The molecule has 17 heavy (non-hydrogen) atoms. The molecular weight excluding hydrogens is 286 g/mol. The Morgan fingerprint density at radius 2 is 2.24 bits per heavy atom. The summed E-state index contributed by atoms with van der Waals surface area (Å²) in [6.07, 6.45) is 1.93. The molecule has 98 valence electrons. The first kappa shape index (κ1) is 14.6. The predicted octanol–water partition coefficient (Wildman–Crippen LogP) is 1.72. The molecule has 1 rings (SSSR count). The van der Waals surface area contributed by atoms with E-state index >= 15 is 0 Å². The molecule has 0 aliphatic carbocycles. The minimum atomic E-state index is -0.189. The van der Waals surface area contributed by atoms with E-state index in [-0.39, 0.29) is 12.1 Å². The Morgan fingerprint density at radius 3 is 2.82 bits per heavy atom. The first-order valence-electron chi connectivity index (χ1n) is 5.63. The Balaban J connectivity index is 2.69. The van der Waals surface area contributed by atoms with Crippen molar-refractivity contribution in [3.8, 4) is 0 Å². The van der Waals surface area contributed by atoms with Crippen LogP contribution in [0.4, 0.5) is 0 Å². The van der Waals surface area contributed by atoms with Crippen LogP contribution in [0.25, 0.3) is 0 Å². The van der Waals surface area contributed by atoms with Crippen LogP contribution in [0.15, 0.2) is 10.7 Å². The second-order valence-corrected chi connectivity index (χ2v) is 4.94. The zero-order chi connectivity index (χ0) is 12.8. The Bertz CT molecular complexity index is 341. The summed E-state index contributed by atoms with van der Waals surface area (Å²) in [5.41, 5.74) is 7.05. The van der Waals surface area contributed by atoms with E-state index in [1.807, 2.05) is 18.5 Å². The number of nitrogens with zero attached hydrogens (tertiary/aromatic N) is 2. The number of nitrogens with two attached hydrogens (primary N) is 1. The maximum absolute atomic E-state index is 6.10. The highest BCUT2D eigenvalue weighted by molar-refractivity contribution is 9.10. The van der Waals surface area contributed by atoms with Crippen LogP contribution < -0.4 is 5.73 Å². The van der Waals surface area contributed by atoms with E-state index in [9.17, 15) is 0 Å². The van der Waals surface area contributed by atoms with Gasteiger partial charge in [-0.25, -0.2) is 0 Å². The van der Waals surface area contributed by atoms with Gasteiger partial charge in [-0.05, 0) is 29.8 Å². The first-order valence-corrected chi connectivity index (χ1v) is 6.42. The van der Waals surface area contributed by atoms with E-state index in [1.165, 1.54) is 0 Å². The largest absolute Gasteiger partial charge is 0.383 e. The highest BCUT2D eigenvalue weighted by Crippen LogP contribution is 2.22. The molecular formula is C11H20BrN3O2. The Labute approximate surface area is 110 Å². The zero-order valence-corrected chi connectivity index (χ0v) is 12.1. The van der Waals surface area contributed by atoms with Crippen LogP contribution in [0.2, 0.25) is 0 Å². The maximum Gasteiger partial charge on any atom is 0.0718 e. The smallest absolute Gasteiger partial charge is 0.0718 e. The highest BCUT2D eigenvalue weighted by Gasteiger charge is 2.17. The SMILES string of the molecule is COCCn1ncc(Br)c1C(N)COC(C)C. The van der Waals surface area contributed by atoms with Crippen molar-refractivity contribution in [3.63, 3.8) is 0 Å². The van der Waals surface area contributed by atoms with Gasteiger partial charge in [0.25, 0.3) is 0 Å². The molecule has 0 amide bonds. The summed E-state index contributed by atoms with van der Waals surface area (Å²) in [7, 11) is 1.67. The quantitative estimate of drug-likeness (QED) is 0.833. The number of aromatic nitrogens is 2. The molecule has 5 nitrogen and oxygen atoms in total. The Kier molecular flexibility index (Phi) is 6.11. The summed E-state index contributed by atoms with van der Waals surface area (Å²) < 4.78 is 13.3. The zero-order valence-electron chi connectivity index (χ0n) is 10.5. The van der Waals surface area contributed by atoms with Crippen LogP contribution in [0, 0.1) is 0 Å². The van der Waals surface area contributed by atoms with Gasteiger partial charge in [0.15, 0.2) is 0 Å². The van der Waals surface area contributed by atoms with Gasteiger partial charge in [0, 0.05) is 7.11 Å². The lowest BCUT2D eigenvalue weighted by Crippen LogP contribution is -2.24. The van der Waals surface area contributed by atoms with Crippen molar-refractivity contribution in [2.45, 2.75) is 32.5 Å². The van der Waals surface area contributed by atoms with Crippen molar-refractivity contribution >= 4 is 15.9 Å². The number of methoxy groups -OCH3 is 1. The lowest BCUT2D eigenvalue weighted by Gasteiger charge is -2.16. The normalized spacial score (nSPS) is 13.3. The first-order chi connectivity index (χ1) is 8.06. The van der Waals surface area contributed by atoms with Crippen LogP contribution in [-0.2, 0) is 16.0 Å². The standard InChI is InChI=1S/C11H20BrN3O2/c1-8(2)17-7-10(13)11-9(12)6-14-15(11)4-5-16-3/h6,8,10H,4-5,7,13H2,1-3H3. The van der Waals surface area contributed by atoms with Gasteiger partial charge in [-0.1, -0.05) is 0 Å². The van der Waals surface area contributed by atoms with Crippen molar-refractivity contribution < 1.29 is 9.47 Å². The highest BCUT2D eigenvalue weighted by atomic mass is 79.9. The third kappa shape index (κ3) is 4.39. The van der Waals surface area contributed by atoms with Crippen molar-refractivity contribution in [2.75, 3.05) is 20.3 Å². The van der Waals surface area contributed by atoms with Gasteiger partial charge in [-0.3, -0.25) is 4.68 Å². The van der Waals surface area contributed by atoms with Crippen LogP contribution >= 0.6 is 15.9 Å². The molecule has 1 aromatic heterocycles. The van der Waals surface area contributed by atoms with Crippen LogP contribution in [0.3, 0.4) is 0 Å². The van der Waals surface area contributed by atoms with E-state index in [2.05, 4.69) is 21.0 Å². The number of ether oxygens (including phenoxy) is 2. The van der Waals surface area contributed by atoms with Crippen molar-refractivity contribution in [1.29, 1.82) is 0 Å². The van der Waals surface area contributed by atoms with E-state index < -0.39 is 0 Å². The number of hydrogen-bond donors (Lipinski definition) is 1. The van der Waals surface area contributed by atoms with Gasteiger partial charge in [-0.2, -0.15) is 5.10 Å². The summed E-state index contributed by atoms with van der Waals surface area (Å²) in [6.45, 7) is 5.76. The molecule has 0 aliphatic rings. The molecule has 1 unspecified atom stereocenters. The second-order valence-electron chi connectivity index (χ2n) is 4.08. The monoisotopic (exact) mass is 305 g/mol. The molecule has 2 N–H and O–H groups in total. The third-order valence-corrected chi connectivity index (χ3v) is 2.91. The molecule has 0 radical (unpaired) electrons. The molecule has 0 aliphatic heterocycles. The van der Waals surface area contributed by atoms with E-state index in [0.717, 1.165) is 10.2 Å². The average Bonchev–Trinajstić information content (AvgIpc) is 2.64. The summed E-state index contributed by atoms with van der Waals surface area (Å²) in [5, 5.41) is 4.26. The van der Waals surface area contributed by atoms with Crippen LogP contribution in [0.5, 0.6) is 0 Å². The van der Waals surface area contributed by atoms with Crippen molar-refractivity contribution in [2.24, 2.45) is 5.73 Å². The van der Waals surface area contributed by atoms with Crippen molar-refractivity contribution in [1.82, 2.24) is 9.78 Å². The predicted molar refractivity (Wildman–Crippen MR) is 69.8 cm³/mol. The van der Waals surface area contributed by atoms with E-state index in [1.54, 1.807) is 13.3 Å². The minimum absolute atomic E-state index is 0.176. The van der Waals surface area contributed by atoms with Crippen LogP contribution in [-0.4, -0.2) is 36.2 Å². The Hall–Kier alpha value is -0.430. The third-order valence-electron chi connectivity index (χ3n) is 2.30. The van der Waals surface area contributed by atoms with Crippen molar-refractivity contribution in [3.05, 3.63) is 16.4 Å². The lowest BCUT2D eigenvalue weighted by atomic mass is 10.2. The molecule has 0 bridgehead atoms. The fourth-order valence-corrected chi connectivity index (χ4v) is 2.06. The lowest BCUT2D eigenvalue weighted by molar-refractivity contribution is 0.0663. The summed E-state index contributed by atoms with van der Waals surface area (Å²) in [4.78, 5) is 0. The minimum Gasteiger partial charge on any atom is -0.383 e. The van der Waals surface area contributed by atoms with Crippen LogP contribution in [0.1, 0.15) is 25.6 Å². The molecule has 1 aromatic rings. The van der Waals surface area contributed by atoms with Gasteiger partial charge in [0.1, 0.15) is 0 Å². The molecule has 0 saturated carbocycles. The molecule has 1 heterocycles. The topological polar surface area (TPSA) is 62.3 Å². The number of rotatable bonds is 7. The van der Waals surface area contributed by atoms with Gasteiger partial charge < -0.3 is 15.2 Å². The maximum atomic E-state index is 6.10. The molecule has 0 fully saturated rings.